The minimum atomic E-state index is 0.885. The first-order valence-electron chi connectivity index (χ1n) is 6.05. The van der Waals surface area contributed by atoms with Gasteiger partial charge in [-0.2, -0.15) is 0 Å². The van der Waals surface area contributed by atoms with E-state index >= 15 is 0 Å². The average molecular weight is 261 g/mol. The summed E-state index contributed by atoms with van der Waals surface area (Å²) in [6.45, 7) is 3.90. The Labute approximate surface area is 112 Å². The van der Waals surface area contributed by atoms with Gasteiger partial charge in [-0.1, -0.05) is 29.8 Å². The van der Waals surface area contributed by atoms with Gasteiger partial charge in [-0.15, -0.1) is 11.3 Å². The predicted octanol–water partition coefficient (Wildman–Crippen LogP) is 2.81. The number of rotatable bonds is 5. The molecule has 0 aliphatic heterocycles. The molecule has 96 valence electrons. The predicted molar refractivity (Wildman–Crippen MR) is 78.2 cm³/mol. The first-order chi connectivity index (χ1) is 8.69. The van der Waals surface area contributed by atoms with Crippen molar-refractivity contribution >= 4 is 16.5 Å². The highest BCUT2D eigenvalue weighted by atomic mass is 32.1. The molecule has 2 aromatic rings. The summed E-state index contributed by atoms with van der Waals surface area (Å²) in [6.07, 6.45) is 1.95. The number of anilines is 1. The minimum absolute atomic E-state index is 0.885. The first-order valence-corrected chi connectivity index (χ1v) is 6.86. The van der Waals surface area contributed by atoms with E-state index in [0.29, 0.717) is 0 Å². The summed E-state index contributed by atoms with van der Waals surface area (Å²) in [6, 6.07) is 8.61. The quantitative estimate of drug-likeness (QED) is 0.897. The van der Waals surface area contributed by atoms with Crippen molar-refractivity contribution in [2.45, 2.75) is 20.0 Å². The van der Waals surface area contributed by atoms with Gasteiger partial charge in [0.2, 0.25) is 0 Å². The Kier molecular flexibility index (Phi) is 4.33. The Bertz CT molecular complexity index is 507. The van der Waals surface area contributed by atoms with Crippen LogP contribution in [-0.2, 0) is 13.1 Å². The Hall–Kier alpha value is -1.39. The summed E-state index contributed by atoms with van der Waals surface area (Å²) in [4.78, 5) is 7.92. The van der Waals surface area contributed by atoms with Gasteiger partial charge in [0.15, 0.2) is 5.13 Å². The molecule has 1 heterocycles. The molecular formula is C14H19N3S. The molecule has 0 fully saturated rings. The Morgan fingerprint density at radius 2 is 2.22 bits per heavy atom. The Morgan fingerprint density at radius 3 is 2.94 bits per heavy atom. The summed E-state index contributed by atoms with van der Waals surface area (Å²) >= 11 is 1.74. The minimum Gasteiger partial charge on any atom is -0.347 e. The topological polar surface area (TPSA) is 28.2 Å². The lowest BCUT2D eigenvalue weighted by molar-refractivity contribution is 0.829. The molecule has 0 radical (unpaired) electrons. The summed E-state index contributed by atoms with van der Waals surface area (Å²) < 4.78 is 0. The highest BCUT2D eigenvalue weighted by Crippen LogP contribution is 2.22. The lowest BCUT2D eigenvalue weighted by Crippen LogP contribution is -2.15. The molecular weight excluding hydrogens is 242 g/mol. The van der Waals surface area contributed by atoms with Gasteiger partial charge >= 0.3 is 0 Å². The highest BCUT2D eigenvalue weighted by molar-refractivity contribution is 7.15. The van der Waals surface area contributed by atoms with Crippen molar-refractivity contribution in [3.05, 3.63) is 46.5 Å². The third-order valence-electron chi connectivity index (χ3n) is 2.72. The largest absolute Gasteiger partial charge is 0.347 e. The summed E-state index contributed by atoms with van der Waals surface area (Å²) in [5, 5.41) is 4.22. The number of thiazole rings is 1. The molecule has 2 rings (SSSR count). The fourth-order valence-electron chi connectivity index (χ4n) is 1.88. The van der Waals surface area contributed by atoms with E-state index in [9.17, 15) is 0 Å². The van der Waals surface area contributed by atoms with Gasteiger partial charge in [0.25, 0.3) is 0 Å². The second-order valence-corrected chi connectivity index (χ2v) is 5.58. The molecule has 0 saturated carbocycles. The van der Waals surface area contributed by atoms with E-state index in [1.165, 1.54) is 16.0 Å². The van der Waals surface area contributed by atoms with Gasteiger partial charge in [0, 0.05) is 31.2 Å². The molecule has 0 aliphatic carbocycles. The lowest BCUT2D eigenvalue weighted by Gasteiger charge is -2.15. The smallest absolute Gasteiger partial charge is 0.185 e. The van der Waals surface area contributed by atoms with E-state index in [0.717, 1.165) is 18.2 Å². The van der Waals surface area contributed by atoms with Gasteiger partial charge in [-0.25, -0.2) is 4.98 Å². The molecule has 3 nitrogen and oxygen atoms in total. The van der Waals surface area contributed by atoms with Crippen molar-refractivity contribution in [2.24, 2.45) is 0 Å². The second kappa shape index (κ2) is 5.98. The van der Waals surface area contributed by atoms with Crippen LogP contribution in [-0.4, -0.2) is 19.1 Å². The number of aryl methyl sites for hydroxylation is 1. The molecule has 0 atom stereocenters. The van der Waals surface area contributed by atoms with Crippen LogP contribution >= 0.6 is 11.3 Å². The van der Waals surface area contributed by atoms with Crippen molar-refractivity contribution in [3.8, 4) is 0 Å². The fraction of sp³-hybridized carbons (Fsp3) is 0.357. The van der Waals surface area contributed by atoms with Crippen LogP contribution in [0.3, 0.4) is 0 Å². The number of nitrogens with one attached hydrogen (secondary N) is 1. The molecule has 1 aromatic heterocycles. The van der Waals surface area contributed by atoms with Gasteiger partial charge in [0.05, 0.1) is 0 Å². The van der Waals surface area contributed by atoms with Crippen LogP contribution in [0.4, 0.5) is 5.13 Å². The molecule has 0 saturated heterocycles. The maximum atomic E-state index is 4.46. The van der Waals surface area contributed by atoms with Gasteiger partial charge in [-0.05, 0) is 19.5 Å². The van der Waals surface area contributed by atoms with E-state index < -0.39 is 0 Å². The van der Waals surface area contributed by atoms with Gasteiger partial charge in [-0.3, -0.25) is 0 Å². The van der Waals surface area contributed by atoms with E-state index in [2.05, 4.69) is 53.4 Å². The number of benzene rings is 1. The zero-order chi connectivity index (χ0) is 13.0. The standard InChI is InChI=1S/C14H19N3S/c1-11-5-4-6-12(7-11)10-17(3)14-16-9-13(18-14)8-15-2/h4-7,9,15H,8,10H2,1-3H3. The van der Waals surface area contributed by atoms with Crippen LogP contribution in [0.1, 0.15) is 16.0 Å². The molecule has 0 spiro atoms. The van der Waals surface area contributed by atoms with Gasteiger partial charge in [0.1, 0.15) is 0 Å². The van der Waals surface area contributed by atoms with Crippen LogP contribution < -0.4 is 10.2 Å². The molecule has 1 aromatic carbocycles. The number of hydrogen-bond donors (Lipinski definition) is 1. The number of hydrogen-bond acceptors (Lipinski definition) is 4. The number of nitrogens with zero attached hydrogens (tertiary/aromatic N) is 2. The monoisotopic (exact) mass is 261 g/mol. The summed E-state index contributed by atoms with van der Waals surface area (Å²) in [5.41, 5.74) is 2.62. The van der Waals surface area contributed by atoms with Gasteiger partial charge < -0.3 is 10.2 Å². The maximum absolute atomic E-state index is 4.46. The van der Waals surface area contributed by atoms with E-state index in [-0.39, 0.29) is 0 Å². The molecule has 0 bridgehead atoms. The normalized spacial score (nSPS) is 10.6. The third kappa shape index (κ3) is 3.31. The van der Waals surface area contributed by atoms with Crippen LogP contribution in [0, 0.1) is 6.92 Å². The lowest BCUT2D eigenvalue weighted by atomic mass is 10.1. The number of aromatic nitrogens is 1. The van der Waals surface area contributed by atoms with Crippen molar-refractivity contribution < 1.29 is 0 Å². The SMILES string of the molecule is CNCc1cnc(N(C)Cc2cccc(C)c2)s1. The molecule has 1 N–H and O–H groups in total. The maximum Gasteiger partial charge on any atom is 0.185 e. The van der Waals surface area contributed by atoms with Crippen LogP contribution in [0.5, 0.6) is 0 Å². The van der Waals surface area contributed by atoms with E-state index in [1.807, 2.05) is 13.2 Å². The average Bonchev–Trinajstić information content (AvgIpc) is 2.78. The molecule has 0 aliphatic rings. The zero-order valence-electron chi connectivity index (χ0n) is 11.1. The second-order valence-electron chi connectivity index (χ2n) is 4.48. The van der Waals surface area contributed by atoms with E-state index in [1.54, 1.807) is 11.3 Å². The summed E-state index contributed by atoms with van der Waals surface area (Å²) in [5.74, 6) is 0. The Balaban J connectivity index is 2.04. The van der Waals surface area contributed by atoms with E-state index in [4.69, 9.17) is 0 Å². The first kappa shape index (κ1) is 13.1. The van der Waals surface area contributed by atoms with Crippen molar-refractivity contribution in [1.82, 2.24) is 10.3 Å². The molecule has 0 unspecified atom stereocenters. The fourth-order valence-corrected chi connectivity index (χ4v) is 2.76. The molecule has 4 heteroatoms. The van der Waals surface area contributed by atoms with Crippen LogP contribution in [0.2, 0.25) is 0 Å². The molecule has 18 heavy (non-hydrogen) atoms. The van der Waals surface area contributed by atoms with Crippen LogP contribution in [0.25, 0.3) is 0 Å². The van der Waals surface area contributed by atoms with Crippen molar-refractivity contribution in [3.63, 3.8) is 0 Å². The van der Waals surface area contributed by atoms with Crippen molar-refractivity contribution in [1.29, 1.82) is 0 Å². The van der Waals surface area contributed by atoms with Crippen LogP contribution in [0.15, 0.2) is 30.5 Å². The third-order valence-corrected chi connectivity index (χ3v) is 3.83. The highest BCUT2D eigenvalue weighted by Gasteiger charge is 2.07. The summed E-state index contributed by atoms with van der Waals surface area (Å²) in [7, 11) is 4.04. The van der Waals surface area contributed by atoms with Crippen molar-refractivity contribution in [2.75, 3.05) is 19.0 Å². The Morgan fingerprint density at radius 1 is 1.39 bits per heavy atom. The zero-order valence-corrected chi connectivity index (χ0v) is 11.9. The molecule has 0 amide bonds.